The van der Waals surface area contributed by atoms with Crippen LogP contribution in [0.25, 0.3) is 10.9 Å². The fourth-order valence-electron chi connectivity index (χ4n) is 1.72. The maximum Gasteiger partial charge on any atom is 0.240 e. The van der Waals surface area contributed by atoms with E-state index in [1.54, 1.807) is 30.3 Å². The molecule has 0 saturated carbocycles. The van der Waals surface area contributed by atoms with Crippen molar-refractivity contribution in [2.75, 3.05) is 0 Å². The lowest BCUT2D eigenvalue weighted by molar-refractivity contribution is 0.317. The van der Waals surface area contributed by atoms with Gasteiger partial charge in [-0.3, -0.25) is 0 Å². The molecule has 1 atom stereocenters. The number of pyridine rings is 1. The number of hydrogen-bond acceptors (Lipinski definition) is 3. The maximum absolute atomic E-state index is 12.4. The summed E-state index contributed by atoms with van der Waals surface area (Å²) in [5.74, 6) is 0. The van der Waals surface area contributed by atoms with Crippen LogP contribution in [0, 0.1) is 5.41 Å². The molecule has 0 amide bonds. The number of hydrogen-bond donors (Lipinski definition) is 1. The van der Waals surface area contributed by atoms with Crippen molar-refractivity contribution in [1.82, 2.24) is 9.71 Å². The Morgan fingerprint density at radius 3 is 2.48 bits per heavy atom. The number of sulfonamides is 1. The molecule has 1 N–H and O–H groups in total. The van der Waals surface area contributed by atoms with Crippen molar-refractivity contribution in [3.05, 3.63) is 35.5 Å². The molecule has 2 rings (SSSR count). The number of rotatable bonds is 3. The lowest BCUT2D eigenvalue weighted by Crippen LogP contribution is -2.41. The lowest BCUT2D eigenvalue weighted by atomic mass is 9.89. The van der Waals surface area contributed by atoms with Crippen molar-refractivity contribution in [3.8, 4) is 0 Å². The molecular formula is C15H19ClN2O2S. The molecule has 0 radical (unpaired) electrons. The Morgan fingerprint density at radius 1 is 1.19 bits per heavy atom. The summed E-state index contributed by atoms with van der Waals surface area (Å²) < 4.78 is 27.6. The molecule has 6 heteroatoms. The SMILES string of the molecule is CC(NS(=O)(=O)c1ccc2nc(Cl)ccc2c1)C(C)(C)C. The Balaban J connectivity index is 2.39. The van der Waals surface area contributed by atoms with E-state index in [2.05, 4.69) is 9.71 Å². The van der Waals surface area contributed by atoms with Gasteiger partial charge in [0.25, 0.3) is 0 Å². The number of fused-ring (bicyclic) bond motifs is 1. The molecule has 21 heavy (non-hydrogen) atoms. The molecule has 1 aromatic heterocycles. The highest BCUT2D eigenvalue weighted by Gasteiger charge is 2.26. The van der Waals surface area contributed by atoms with E-state index in [1.807, 2.05) is 27.7 Å². The van der Waals surface area contributed by atoms with Crippen LogP contribution < -0.4 is 4.72 Å². The van der Waals surface area contributed by atoms with Crippen LogP contribution >= 0.6 is 11.6 Å². The highest BCUT2D eigenvalue weighted by Crippen LogP contribution is 2.23. The second-order valence-corrected chi connectivity index (χ2v) is 8.30. The minimum atomic E-state index is -3.56. The molecule has 4 nitrogen and oxygen atoms in total. The molecule has 0 bridgehead atoms. The van der Waals surface area contributed by atoms with Gasteiger partial charge < -0.3 is 0 Å². The van der Waals surface area contributed by atoms with Gasteiger partial charge in [-0.05, 0) is 42.7 Å². The Kier molecular flexibility index (Phi) is 4.29. The largest absolute Gasteiger partial charge is 0.240 e. The summed E-state index contributed by atoms with van der Waals surface area (Å²) in [7, 11) is -3.56. The Morgan fingerprint density at radius 2 is 1.86 bits per heavy atom. The van der Waals surface area contributed by atoms with Crippen LogP contribution in [-0.4, -0.2) is 19.4 Å². The van der Waals surface area contributed by atoms with Crippen LogP contribution in [0.3, 0.4) is 0 Å². The van der Waals surface area contributed by atoms with Crippen molar-refractivity contribution in [3.63, 3.8) is 0 Å². The summed E-state index contributed by atoms with van der Waals surface area (Å²) in [5, 5.41) is 1.13. The maximum atomic E-state index is 12.4. The summed E-state index contributed by atoms with van der Waals surface area (Å²) in [4.78, 5) is 4.38. The lowest BCUT2D eigenvalue weighted by Gasteiger charge is -2.27. The van der Waals surface area contributed by atoms with Crippen molar-refractivity contribution >= 4 is 32.5 Å². The second-order valence-electron chi connectivity index (χ2n) is 6.20. The Hall–Kier alpha value is -1.17. The average Bonchev–Trinajstić information content (AvgIpc) is 2.36. The zero-order valence-electron chi connectivity index (χ0n) is 12.5. The number of nitrogens with one attached hydrogen (secondary N) is 1. The van der Waals surface area contributed by atoms with Crippen LogP contribution in [0.2, 0.25) is 5.15 Å². The molecule has 1 unspecified atom stereocenters. The molecule has 0 fully saturated rings. The summed E-state index contributed by atoms with van der Waals surface area (Å²) in [6.07, 6.45) is 0. The van der Waals surface area contributed by atoms with Gasteiger partial charge in [0.05, 0.1) is 10.4 Å². The third-order valence-corrected chi connectivity index (χ3v) is 5.32. The highest BCUT2D eigenvalue weighted by atomic mass is 35.5. The van der Waals surface area contributed by atoms with E-state index in [-0.39, 0.29) is 16.4 Å². The second kappa shape index (κ2) is 5.55. The standard InChI is InChI=1S/C15H19ClN2O2S/c1-10(15(2,3)4)18-21(19,20)12-6-7-13-11(9-12)5-8-14(16)17-13/h5-10,18H,1-4H3. The fourth-order valence-corrected chi connectivity index (χ4v) is 3.36. The first-order valence-corrected chi connectivity index (χ1v) is 8.54. The van der Waals surface area contributed by atoms with Gasteiger partial charge in [-0.15, -0.1) is 0 Å². The third kappa shape index (κ3) is 3.73. The molecule has 0 spiro atoms. The van der Waals surface area contributed by atoms with E-state index in [1.165, 1.54) is 0 Å². The monoisotopic (exact) mass is 326 g/mol. The number of nitrogens with zero attached hydrogens (tertiary/aromatic N) is 1. The minimum Gasteiger partial charge on any atom is -0.236 e. The summed E-state index contributed by atoms with van der Waals surface area (Å²) >= 11 is 5.83. The van der Waals surface area contributed by atoms with Gasteiger partial charge in [-0.2, -0.15) is 0 Å². The van der Waals surface area contributed by atoms with Gasteiger partial charge in [0.15, 0.2) is 0 Å². The molecule has 0 aliphatic rings. The quantitative estimate of drug-likeness (QED) is 0.877. The third-order valence-electron chi connectivity index (χ3n) is 3.57. The zero-order chi connectivity index (χ0) is 15.8. The van der Waals surface area contributed by atoms with Crippen molar-refractivity contribution in [2.24, 2.45) is 5.41 Å². The zero-order valence-corrected chi connectivity index (χ0v) is 14.1. The summed E-state index contributed by atoms with van der Waals surface area (Å²) in [5.41, 5.74) is 0.518. The van der Waals surface area contributed by atoms with Crippen molar-refractivity contribution in [2.45, 2.75) is 38.6 Å². The smallest absolute Gasteiger partial charge is 0.236 e. The number of halogens is 1. The van der Waals surface area contributed by atoms with Crippen LogP contribution in [-0.2, 0) is 10.0 Å². The predicted octanol–water partition coefficient (Wildman–Crippen LogP) is 3.60. The fraction of sp³-hybridized carbons (Fsp3) is 0.400. The topological polar surface area (TPSA) is 59.1 Å². The molecule has 2 aromatic rings. The van der Waals surface area contributed by atoms with Gasteiger partial charge in [0.2, 0.25) is 10.0 Å². The first-order chi connectivity index (χ1) is 9.59. The Labute approximate surface area is 130 Å². The molecule has 1 heterocycles. The molecule has 1 aromatic carbocycles. The van der Waals surface area contributed by atoms with Crippen LogP contribution in [0.4, 0.5) is 0 Å². The highest BCUT2D eigenvalue weighted by molar-refractivity contribution is 7.89. The molecule has 114 valence electrons. The van der Waals surface area contributed by atoms with Gasteiger partial charge in [0, 0.05) is 11.4 Å². The number of aromatic nitrogens is 1. The number of benzene rings is 1. The van der Waals surface area contributed by atoms with E-state index in [9.17, 15) is 8.42 Å². The molecule has 0 aliphatic heterocycles. The van der Waals surface area contributed by atoms with Gasteiger partial charge >= 0.3 is 0 Å². The van der Waals surface area contributed by atoms with Crippen LogP contribution in [0.5, 0.6) is 0 Å². The van der Waals surface area contributed by atoms with E-state index < -0.39 is 10.0 Å². The first kappa shape index (κ1) is 16.2. The molecule has 0 aliphatic carbocycles. The van der Waals surface area contributed by atoms with Crippen molar-refractivity contribution < 1.29 is 8.42 Å². The van der Waals surface area contributed by atoms with Gasteiger partial charge in [-0.25, -0.2) is 18.1 Å². The average molecular weight is 327 g/mol. The van der Waals surface area contributed by atoms with E-state index in [0.717, 1.165) is 5.39 Å². The first-order valence-electron chi connectivity index (χ1n) is 6.68. The predicted molar refractivity (Wildman–Crippen MR) is 86.0 cm³/mol. The molecular weight excluding hydrogens is 308 g/mol. The summed E-state index contributed by atoms with van der Waals surface area (Å²) in [6, 6.07) is 8.04. The van der Waals surface area contributed by atoms with Gasteiger partial charge in [-0.1, -0.05) is 32.4 Å². The van der Waals surface area contributed by atoms with Crippen molar-refractivity contribution in [1.29, 1.82) is 0 Å². The van der Waals surface area contributed by atoms with Crippen LogP contribution in [0.1, 0.15) is 27.7 Å². The Bertz CT molecular complexity index is 767. The normalized spacial score (nSPS) is 14.3. The van der Waals surface area contributed by atoms with E-state index in [4.69, 9.17) is 11.6 Å². The minimum absolute atomic E-state index is 0.154. The van der Waals surface area contributed by atoms with Gasteiger partial charge in [0.1, 0.15) is 5.15 Å². The van der Waals surface area contributed by atoms with E-state index >= 15 is 0 Å². The van der Waals surface area contributed by atoms with Crippen LogP contribution in [0.15, 0.2) is 35.2 Å². The van der Waals surface area contributed by atoms with E-state index in [0.29, 0.717) is 10.7 Å². The molecule has 0 saturated heterocycles. The summed E-state index contributed by atoms with van der Waals surface area (Å²) in [6.45, 7) is 7.84.